The zero-order valence-electron chi connectivity index (χ0n) is 14.1. The van der Waals surface area contributed by atoms with E-state index in [1.165, 1.54) is 12.4 Å². The molecule has 0 saturated carbocycles. The largest absolute Gasteiger partial charge is 0.325 e. The van der Waals surface area contributed by atoms with Crippen molar-refractivity contribution < 1.29 is 13.2 Å². The third kappa shape index (κ3) is 3.71. The summed E-state index contributed by atoms with van der Waals surface area (Å²) < 4.78 is 27.7. The van der Waals surface area contributed by atoms with E-state index in [9.17, 15) is 13.2 Å². The maximum absolute atomic E-state index is 12.4. The van der Waals surface area contributed by atoms with Crippen LogP contribution in [0.1, 0.15) is 18.1 Å². The summed E-state index contributed by atoms with van der Waals surface area (Å²) in [5.41, 5.74) is 3.22. The fourth-order valence-electron chi connectivity index (χ4n) is 2.66. The number of anilines is 2. The molecule has 2 aromatic rings. The SMILES string of the molecule is CCc1cccc(NC(=O)CN2C=NS(=O)(=O)c3ccc(C)cc32)c1. The van der Waals surface area contributed by atoms with Crippen LogP contribution in [0.5, 0.6) is 0 Å². The number of benzene rings is 2. The van der Waals surface area contributed by atoms with Gasteiger partial charge in [-0.1, -0.05) is 25.1 Å². The number of amides is 1. The molecule has 0 spiro atoms. The van der Waals surface area contributed by atoms with Crippen molar-refractivity contribution in [1.29, 1.82) is 0 Å². The van der Waals surface area contributed by atoms with Gasteiger partial charge < -0.3 is 10.2 Å². The van der Waals surface area contributed by atoms with E-state index in [4.69, 9.17) is 0 Å². The monoisotopic (exact) mass is 357 g/mol. The highest BCUT2D eigenvalue weighted by Crippen LogP contribution is 2.30. The lowest BCUT2D eigenvalue weighted by atomic mass is 10.1. The maximum atomic E-state index is 12.4. The number of carbonyl (C=O) groups is 1. The molecule has 0 saturated heterocycles. The van der Waals surface area contributed by atoms with E-state index in [0.29, 0.717) is 5.69 Å². The molecule has 0 aliphatic carbocycles. The van der Waals surface area contributed by atoms with Crippen LogP contribution < -0.4 is 10.2 Å². The average Bonchev–Trinajstić information content (AvgIpc) is 2.57. The predicted octanol–water partition coefficient (Wildman–Crippen LogP) is 2.73. The van der Waals surface area contributed by atoms with Crippen molar-refractivity contribution in [2.24, 2.45) is 4.40 Å². The van der Waals surface area contributed by atoms with Crippen molar-refractivity contribution in [3.05, 3.63) is 53.6 Å². The highest BCUT2D eigenvalue weighted by Gasteiger charge is 2.26. The molecule has 7 heteroatoms. The molecule has 0 aromatic heterocycles. The first kappa shape index (κ1) is 17.2. The second kappa shape index (κ2) is 6.68. The smallest absolute Gasteiger partial charge is 0.285 e. The predicted molar refractivity (Wildman–Crippen MR) is 98.7 cm³/mol. The van der Waals surface area contributed by atoms with Crippen molar-refractivity contribution in [2.75, 3.05) is 16.8 Å². The Balaban J connectivity index is 1.81. The number of carbonyl (C=O) groups excluding carboxylic acids is 1. The van der Waals surface area contributed by atoms with Crippen molar-refractivity contribution >= 4 is 33.6 Å². The Morgan fingerprint density at radius 3 is 2.76 bits per heavy atom. The third-order valence-corrected chi connectivity index (χ3v) is 5.23. The van der Waals surface area contributed by atoms with Gasteiger partial charge in [-0.2, -0.15) is 8.42 Å². The van der Waals surface area contributed by atoms with Gasteiger partial charge in [0, 0.05) is 5.69 Å². The van der Waals surface area contributed by atoms with Gasteiger partial charge in [0.05, 0.1) is 5.69 Å². The summed E-state index contributed by atoms with van der Waals surface area (Å²) in [6.45, 7) is 3.89. The van der Waals surface area contributed by atoms with Crippen molar-refractivity contribution in [3.63, 3.8) is 0 Å². The number of fused-ring (bicyclic) bond motifs is 1. The van der Waals surface area contributed by atoms with Crippen LogP contribution in [0.15, 0.2) is 51.8 Å². The lowest BCUT2D eigenvalue weighted by Crippen LogP contribution is -2.35. The minimum absolute atomic E-state index is 0.0220. The molecule has 1 aliphatic heterocycles. The van der Waals surface area contributed by atoms with Crippen LogP contribution in [-0.4, -0.2) is 27.2 Å². The quantitative estimate of drug-likeness (QED) is 0.912. The fourth-order valence-corrected chi connectivity index (χ4v) is 3.69. The first-order valence-electron chi connectivity index (χ1n) is 7.95. The Hall–Kier alpha value is -2.67. The molecule has 0 atom stereocenters. The van der Waals surface area contributed by atoms with Gasteiger partial charge in [-0.3, -0.25) is 4.79 Å². The van der Waals surface area contributed by atoms with Crippen LogP contribution in [0.25, 0.3) is 0 Å². The van der Waals surface area contributed by atoms with Crippen LogP contribution in [0.3, 0.4) is 0 Å². The molecule has 0 fully saturated rings. The van der Waals surface area contributed by atoms with Crippen molar-refractivity contribution in [2.45, 2.75) is 25.2 Å². The van der Waals surface area contributed by atoms with E-state index in [2.05, 4.69) is 9.71 Å². The van der Waals surface area contributed by atoms with Crippen LogP contribution in [0.2, 0.25) is 0 Å². The van der Waals surface area contributed by atoms with E-state index in [1.54, 1.807) is 17.0 Å². The van der Waals surface area contributed by atoms with E-state index in [0.717, 1.165) is 23.2 Å². The lowest BCUT2D eigenvalue weighted by Gasteiger charge is -2.25. The average molecular weight is 357 g/mol. The molecule has 3 rings (SSSR count). The van der Waals surface area contributed by atoms with Gasteiger partial charge in [-0.05, 0) is 48.7 Å². The molecule has 0 unspecified atom stereocenters. The Kier molecular flexibility index (Phi) is 4.59. The molecule has 130 valence electrons. The summed E-state index contributed by atoms with van der Waals surface area (Å²) in [6, 6.07) is 12.6. The highest BCUT2D eigenvalue weighted by atomic mass is 32.2. The number of aryl methyl sites for hydroxylation is 2. The summed E-state index contributed by atoms with van der Waals surface area (Å²) in [7, 11) is -3.70. The Labute approximate surface area is 147 Å². The summed E-state index contributed by atoms with van der Waals surface area (Å²) in [5.74, 6) is -0.244. The molecular formula is C18H19N3O3S. The third-order valence-electron chi connectivity index (χ3n) is 3.96. The molecule has 6 nitrogen and oxygen atoms in total. The van der Waals surface area contributed by atoms with Gasteiger partial charge in [0.2, 0.25) is 5.91 Å². The molecular weight excluding hydrogens is 338 g/mol. The van der Waals surface area contributed by atoms with Gasteiger partial charge in [-0.15, -0.1) is 4.40 Å². The summed E-state index contributed by atoms with van der Waals surface area (Å²) in [6.07, 6.45) is 2.08. The standard InChI is InChI=1S/C18H19N3O3S/c1-3-14-5-4-6-15(10-14)20-18(22)11-21-12-19-25(23,24)17-8-7-13(2)9-16(17)21/h4-10,12H,3,11H2,1-2H3,(H,20,22). The van der Waals surface area contributed by atoms with Gasteiger partial charge in [0.15, 0.2) is 0 Å². The molecule has 1 aliphatic rings. The minimum Gasteiger partial charge on any atom is -0.325 e. The number of hydrogen-bond acceptors (Lipinski definition) is 4. The molecule has 2 aromatic carbocycles. The van der Waals surface area contributed by atoms with Crippen LogP contribution in [0, 0.1) is 6.92 Å². The fraction of sp³-hybridized carbons (Fsp3) is 0.222. The van der Waals surface area contributed by atoms with Crippen molar-refractivity contribution in [1.82, 2.24) is 0 Å². The van der Waals surface area contributed by atoms with Crippen LogP contribution in [-0.2, 0) is 21.2 Å². The van der Waals surface area contributed by atoms with E-state index in [1.807, 2.05) is 38.1 Å². The summed E-state index contributed by atoms with van der Waals surface area (Å²) in [5, 5.41) is 2.84. The summed E-state index contributed by atoms with van der Waals surface area (Å²) in [4.78, 5) is 14.0. The molecule has 25 heavy (non-hydrogen) atoms. The molecule has 1 amide bonds. The topological polar surface area (TPSA) is 78.8 Å². The summed E-state index contributed by atoms with van der Waals surface area (Å²) >= 11 is 0. The number of sulfonamides is 1. The second-order valence-electron chi connectivity index (χ2n) is 5.90. The number of rotatable bonds is 4. The van der Waals surface area contributed by atoms with E-state index < -0.39 is 10.0 Å². The van der Waals surface area contributed by atoms with Crippen LogP contribution in [0.4, 0.5) is 11.4 Å². The van der Waals surface area contributed by atoms with E-state index >= 15 is 0 Å². The molecule has 0 bridgehead atoms. The van der Waals surface area contributed by atoms with Gasteiger partial charge >= 0.3 is 0 Å². The van der Waals surface area contributed by atoms with Crippen LogP contribution >= 0.6 is 0 Å². The first-order chi connectivity index (χ1) is 11.9. The molecule has 0 radical (unpaired) electrons. The zero-order valence-corrected chi connectivity index (χ0v) is 14.9. The normalized spacial score (nSPS) is 14.9. The van der Waals surface area contributed by atoms with Gasteiger partial charge in [0.1, 0.15) is 17.8 Å². The Morgan fingerprint density at radius 1 is 1.20 bits per heavy atom. The highest BCUT2D eigenvalue weighted by molar-refractivity contribution is 7.90. The maximum Gasteiger partial charge on any atom is 0.285 e. The number of nitrogens with zero attached hydrogens (tertiary/aromatic N) is 2. The molecule has 1 N–H and O–H groups in total. The zero-order chi connectivity index (χ0) is 18.0. The Bertz CT molecular complexity index is 952. The first-order valence-corrected chi connectivity index (χ1v) is 9.39. The number of nitrogens with one attached hydrogen (secondary N) is 1. The molecule has 1 heterocycles. The minimum atomic E-state index is -3.70. The number of hydrogen-bond donors (Lipinski definition) is 1. The Morgan fingerprint density at radius 2 is 2.00 bits per heavy atom. The second-order valence-corrected chi connectivity index (χ2v) is 7.50. The van der Waals surface area contributed by atoms with E-state index in [-0.39, 0.29) is 17.3 Å². The van der Waals surface area contributed by atoms with Gasteiger partial charge in [-0.25, -0.2) is 0 Å². The lowest BCUT2D eigenvalue weighted by molar-refractivity contribution is -0.114. The van der Waals surface area contributed by atoms with Gasteiger partial charge in [0.25, 0.3) is 10.0 Å². The van der Waals surface area contributed by atoms with Crippen molar-refractivity contribution in [3.8, 4) is 0 Å².